The quantitative estimate of drug-likeness (QED) is 0.862. The third-order valence-corrected chi connectivity index (χ3v) is 6.12. The average Bonchev–Trinajstić information content (AvgIpc) is 3.15. The van der Waals surface area contributed by atoms with Crippen molar-refractivity contribution in [1.29, 1.82) is 0 Å². The molecule has 2 aromatic rings. The third-order valence-electron chi connectivity index (χ3n) is 4.90. The second kappa shape index (κ2) is 5.78. The van der Waals surface area contributed by atoms with Gasteiger partial charge in [0.25, 0.3) is 5.91 Å². The van der Waals surface area contributed by atoms with Crippen molar-refractivity contribution in [2.75, 3.05) is 0 Å². The van der Waals surface area contributed by atoms with Crippen LogP contribution in [0.1, 0.15) is 51.9 Å². The van der Waals surface area contributed by atoms with Gasteiger partial charge in [-0.05, 0) is 49.7 Å². The predicted molar refractivity (Wildman–Crippen MR) is 91.6 cm³/mol. The van der Waals surface area contributed by atoms with Gasteiger partial charge >= 0.3 is 0 Å². The van der Waals surface area contributed by atoms with Crippen LogP contribution in [-0.2, 0) is 26.4 Å². The first-order valence-electron chi connectivity index (χ1n) is 8.50. The van der Waals surface area contributed by atoms with Crippen LogP contribution < -0.4 is 0 Å². The second-order valence-electron chi connectivity index (χ2n) is 7.09. The van der Waals surface area contributed by atoms with Gasteiger partial charge in [0.1, 0.15) is 0 Å². The molecule has 0 unspecified atom stereocenters. The van der Waals surface area contributed by atoms with E-state index in [0.717, 1.165) is 42.0 Å². The second-order valence-corrected chi connectivity index (χ2v) is 8.23. The Morgan fingerprint density at radius 3 is 2.96 bits per heavy atom. The molecule has 0 saturated heterocycles. The normalized spacial score (nSPS) is 20.3. The van der Waals surface area contributed by atoms with Gasteiger partial charge in [-0.3, -0.25) is 9.48 Å². The van der Waals surface area contributed by atoms with E-state index in [2.05, 4.69) is 23.0 Å². The lowest BCUT2D eigenvalue weighted by Crippen LogP contribution is -2.32. The summed E-state index contributed by atoms with van der Waals surface area (Å²) < 4.78 is 1.80. The number of amides is 1. The summed E-state index contributed by atoms with van der Waals surface area (Å²) in [6.45, 7) is 2.98. The molecular weight excluding hydrogens is 306 g/mol. The highest BCUT2D eigenvalue weighted by Crippen LogP contribution is 2.35. The van der Waals surface area contributed by atoms with Crippen LogP contribution in [0.25, 0.3) is 0 Å². The zero-order valence-electron chi connectivity index (χ0n) is 13.8. The molecule has 4 rings (SSSR count). The Kier molecular flexibility index (Phi) is 3.76. The highest BCUT2D eigenvalue weighted by Gasteiger charge is 2.34. The van der Waals surface area contributed by atoms with Crippen molar-refractivity contribution in [2.24, 2.45) is 13.0 Å². The molecule has 1 amide bonds. The molecule has 5 heteroatoms. The molecule has 23 heavy (non-hydrogen) atoms. The van der Waals surface area contributed by atoms with Crippen molar-refractivity contribution in [1.82, 2.24) is 14.7 Å². The number of aryl methyl sites for hydroxylation is 2. The van der Waals surface area contributed by atoms with Gasteiger partial charge in [-0.25, -0.2) is 0 Å². The number of carbonyl (C=O) groups is 1. The zero-order valence-corrected chi connectivity index (χ0v) is 14.6. The first-order valence-corrected chi connectivity index (χ1v) is 9.32. The van der Waals surface area contributed by atoms with Gasteiger partial charge in [-0.2, -0.15) is 5.10 Å². The Bertz CT molecular complexity index is 728. The summed E-state index contributed by atoms with van der Waals surface area (Å²) in [5.74, 6) is 0.957. The average molecular weight is 329 g/mol. The lowest BCUT2D eigenvalue weighted by Gasteiger charge is -2.21. The Hall–Kier alpha value is -1.62. The molecule has 0 N–H and O–H groups in total. The highest BCUT2D eigenvalue weighted by molar-refractivity contribution is 7.14. The lowest BCUT2D eigenvalue weighted by molar-refractivity contribution is 0.0735. The Balaban J connectivity index is 1.56. The van der Waals surface area contributed by atoms with E-state index >= 15 is 0 Å². The van der Waals surface area contributed by atoms with Gasteiger partial charge in [-0.1, -0.05) is 6.92 Å². The molecule has 0 radical (unpaired) electrons. The lowest BCUT2D eigenvalue weighted by atomic mass is 9.90. The monoisotopic (exact) mass is 329 g/mol. The molecule has 122 valence electrons. The minimum atomic E-state index is 0.211. The number of hydrogen-bond donors (Lipinski definition) is 0. The van der Waals surface area contributed by atoms with E-state index in [0.29, 0.717) is 12.6 Å². The first-order chi connectivity index (χ1) is 11.1. The van der Waals surface area contributed by atoms with Crippen molar-refractivity contribution in [3.05, 3.63) is 39.3 Å². The van der Waals surface area contributed by atoms with Crippen LogP contribution >= 0.6 is 11.3 Å². The Morgan fingerprint density at radius 1 is 1.43 bits per heavy atom. The first kappa shape index (κ1) is 14.9. The van der Waals surface area contributed by atoms with Crippen molar-refractivity contribution in [3.63, 3.8) is 0 Å². The molecule has 2 heterocycles. The zero-order chi connectivity index (χ0) is 16.0. The molecule has 1 atom stereocenters. The smallest absolute Gasteiger partial charge is 0.264 e. The Morgan fingerprint density at radius 2 is 2.26 bits per heavy atom. The fourth-order valence-corrected chi connectivity index (χ4v) is 4.62. The summed E-state index contributed by atoms with van der Waals surface area (Å²) in [5, 5.41) is 4.22. The van der Waals surface area contributed by atoms with E-state index in [4.69, 9.17) is 0 Å². The minimum Gasteiger partial charge on any atom is -0.331 e. The molecule has 0 aliphatic heterocycles. The molecule has 0 spiro atoms. The Labute approximate surface area is 141 Å². The summed E-state index contributed by atoms with van der Waals surface area (Å²) in [6, 6.07) is 2.58. The van der Waals surface area contributed by atoms with Crippen LogP contribution in [0.4, 0.5) is 0 Å². The topological polar surface area (TPSA) is 38.1 Å². The number of carbonyl (C=O) groups excluding carboxylic acids is 1. The van der Waals surface area contributed by atoms with Crippen LogP contribution in [0.15, 0.2) is 18.5 Å². The summed E-state index contributed by atoms with van der Waals surface area (Å²) in [6.07, 6.45) is 9.66. The maximum atomic E-state index is 13.0. The number of fused-ring (bicyclic) bond motifs is 1. The number of hydrogen-bond acceptors (Lipinski definition) is 3. The van der Waals surface area contributed by atoms with Gasteiger partial charge in [0, 0.05) is 36.3 Å². The number of nitrogens with zero attached hydrogens (tertiary/aromatic N) is 3. The van der Waals surface area contributed by atoms with Crippen molar-refractivity contribution >= 4 is 17.2 Å². The van der Waals surface area contributed by atoms with Gasteiger partial charge in [0.15, 0.2) is 0 Å². The van der Waals surface area contributed by atoms with Crippen LogP contribution in [0, 0.1) is 5.92 Å². The van der Waals surface area contributed by atoms with Crippen LogP contribution in [0.5, 0.6) is 0 Å². The molecule has 2 aliphatic carbocycles. The van der Waals surface area contributed by atoms with E-state index in [9.17, 15) is 4.79 Å². The standard InChI is InChI=1S/C18H23N3OS/c1-12-3-6-16-14(7-12)8-17(23-16)18(22)21(15-4-5-15)11-13-9-19-20(2)10-13/h8-10,12,15H,3-7,11H2,1-2H3/t12-/m0/s1. The maximum Gasteiger partial charge on any atom is 0.264 e. The van der Waals surface area contributed by atoms with E-state index in [-0.39, 0.29) is 5.91 Å². The van der Waals surface area contributed by atoms with Crippen molar-refractivity contribution in [3.8, 4) is 0 Å². The SMILES string of the molecule is C[C@H]1CCc2sc(C(=O)N(Cc3cnn(C)c3)C3CC3)cc2C1. The van der Waals surface area contributed by atoms with E-state index < -0.39 is 0 Å². The summed E-state index contributed by atoms with van der Waals surface area (Å²) in [7, 11) is 1.92. The van der Waals surface area contributed by atoms with E-state index in [1.807, 2.05) is 19.4 Å². The summed E-state index contributed by atoms with van der Waals surface area (Å²) in [5.41, 5.74) is 2.52. The molecule has 1 fully saturated rings. The molecule has 1 saturated carbocycles. The summed E-state index contributed by atoms with van der Waals surface area (Å²) in [4.78, 5) is 17.5. The molecular formula is C18H23N3OS. The van der Waals surface area contributed by atoms with Crippen molar-refractivity contribution < 1.29 is 4.79 Å². The predicted octanol–water partition coefficient (Wildman–Crippen LogP) is 3.41. The van der Waals surface area contributed by atoms with Gasteiger partial charge < -0.3 is 4.90 Å². The van der Waals surface area contributed by atoms with Gasteiger partial charge in [0.05, 0.1) is 11.1 Å². The fourth-order valence-electron chi connectivity index (χ4n) is 3.46. The van der Waals surface area contributed by atoms with E-state index in [1.54, 1.807) is 16.0 Å². The molecule has 2 aliphatic rings. The minimum absolute atomic E-state index is 0.211. The van der Waals surface area contributed by atoms with E-state index in [1.165, 1.54) is 16.9 Å². The number of aromatic nitrogens is 2. The molecule has 2 aromatic heterocycles. The van der Waals surface area contributed by atoms with Crippen LogP contribution in [0.2, 0.25) is 0 Å². The third kappa shape index (κ3) is 3.07. The molecule has 4 nitrogen and oxygen atoms in total. The molecule has 0 bridgehead atoms. The fraction of sp³-hybridized carbons (Fsp3) is 0.556. The van der Waals surface area contributed by atoms with Crippen LogP contribution in [-0.4, -0.2) is 26.6 Å². The van der Waals surface area contributed by atoms with Crippen molar-refractivity contribution in [2.45, 2.75) is 51.6 Å². The maximum absolute atomic E-state index is 13.0. The number of rotatable bonds is 4. The van der Waals surface area contributed by atoms with Crippen LogP contribution in [0.3, 0.4) is 0 Å². The van der Waals surface area contributed by atoms with Gasteiger partial charge in [0.2, 0.25) is 0 Å². The van der Waals surface area contributed by atoms with Gasteiger partial charge in [-0.15, -0.1) is 11.3 Å². The highest BCUT2D eigenvalue weighted by atomic mass is 32.1. The molecule has 0 aromatic carbocycles. The number of thiophene rings is 1. The summed E-state index contributed by atoms with van der Waals surface area (Å²) >= 11 is 1.72. The largest absolute Gasteiger partial charge is 0.331 e.